The minimum Gasteiger partial charge on any atom is -0.490 e. The van der Waals surface area contributed by atoms with Crippen molar-refractivity contribution >= 4 is 45.5 Å². The standard InChI is InChI=1S/C26H21BrClFN2O4/c1-2-34-23-13-17(11-20(27)24(23)35-15-16-7-9-19(28)10-8-16)12-22-25(32)31(26(33)30-22)14-18-5-3-4-6-21(18)29/h3-13H,2,14-15H2,1H3,(H,30,33)/b22-12+. The van der Waals surface area contributed by atoms with Gasteiger partial charge in [0.1, 0.15) is 18.1 Å². The Hall–Kier alpha value is -3.36. The number of hydrogen-bond acceptors (Lipinski definition) is 4. The molecule has 1 saturated heterocycles. The maximum absolute atomic E-state index is 14.0. The van der Waals surface area contributed by atoms with E-state index in [9.17, 15) is 14.0 Å². The molecule has 1 aliphatic rings. The SMILES string of the molecule is CCOc1cc(/C=C2/NC(=O)N(Cc3ccccc3F)C2=O)cc(Br)c1OCc1ccc(Cl)cc1. The van der Waals surface area contributed by atoms with Crippen molar-refractivity contribution < 1.29 is 23.5 Å². The average Bonchev–Trinajstić information content (AvgIpc) is 3.08. The van der Waals surface area contributed by atoms with Crippen LogP contribution in [-0.4, -0.2) is 23.4 Å². The summed E-state index contributed by atoms with van der Waals surface area (Å²) in [5.41, 5.74) is 1.87. The van der Waals surface area contributed by atoms with E-state index in [-0.39, 0.29) is 17.8 Å². The fourth-order valence-corrected chi connectivity index (χ4v) is 4.19. The Labute approximate surface area is 215 Å². The predicted octanol–water partition coefficient (Wildman–Crippen LogP) is 6.31. The Morgan fingerprint density at radius 2 is 1.83 bits per heavy atom. The molecule has 0 saturated carbocycles. The van der Waals surface area contributed by atoms with Crippen LogP contribution in [0.15, 0.2) is 70.8 Å². The topological polar surface area (TPSA) is 67.9 Å². The van der Waals surface area contributed by atoms with Crippen molar-refractivity contribution in [3.63, 3.8) is 0 Å². The van der Waals surface area contributed by atoms with Gasteiger partial charge in [-0.15, -0.1) is 0 Å². The van der Waals surface area contributed by atoms with Crippen molar-refractivity contribution in [1.82, 2.24) is 10.2 Å². The number of nitrogens with zero attached hydrogens (tertiary/aromatic N) is 1. The van der Waals surface area contributed by atoms with Crippen LogP contribution in [0.5, 0.6) is 11.5 Å². The molecule has 3 amide bonds. The van der Waals surface area contributed by atoms with E-state index in [1.807, 2.05) is 19.1 Å². The van der Waals surface area contributed by atoms with E-state index in [0.717, 1.165) is 10.5 Å². The van der Waals surface area contributed by atoms with Gasteiger partial charge in [0.05, 0.1) is 17.6 Å². The minimum absolute atomic E-state index is 0.0792. The summed E-state index contributed by atoms with van der Waals surface area (Å²) in [6.45, 7) is 2.38. The highest BCUT2D eigenvalue weighted by Crippen LogP contribution is 2.38. The van der Waals surface area contributed by atoms with E-state index in [2.05, 4.69) is 21.2 Å². The number of imide groups is 1. The molecule has 1 aliphatic heterocycles. The third-order valence-electron chi connectivity index (χ3n) is 5.19. The molecule has 0 atom stereocenters. The summed E-state index contributed by atoms with van der Waals surface area (Å²) >= 11 is 9.45. The summed E-state index contributed by atoms with van der Waals surface area (Å²) < 4.78 is 26.4. The van der Waals surface area contributed by atoms with E-state index in [1.165, 1.54) is 18.2 Å². The van der Waals surface area contributed by atoms with Gasteiger partial charge in [0.2, 0.25) is 0 Å². The van der Waals surface area contributed by atoms with Crippen molar-refractivity contribution in [3.8, 4) is 11.5 Å². The van der Waals surface area contributed by atoms with E-state index in [0.29, 0.717) is 39.8 Å². The Morgan fingerprint density at radius 1 is 1.09 bits per heavy atom. The lowest BCUT2D eigenvalue weighted by molar-refractivity contribution is -0.123. The Kier molecular flexibility index (Phi) is 7.73. The van der Waals surface area contributed by atoms with Crippen molar-refractivity contribution in [2.45, 2.75) is 20.1 Å². The molecule has 9 heteroatoms. The van der Waals surface area contributed by atoms with E-state index < -0.39 is 17.8 Å². The number of benzene rings is 3. The van der Waals surface area contributed by atoms with Crippen LogP contribution >= 0.6 is 27.5 Å². The number of amides is 3. The van der Waals surface area contributed by atoms with Crippen LogP contribution in [-0.2, 0) is 17.9 Å². The number of nitrogens with one attached hydrogen (secondary N) is 1. The first-order valence-corrected chi connectivity index (χ1v) is 11.9. The van der Waals surface area contributed by atoms with Gasteiger partial charge >= 0.3 is 6.03 Å². The van der Waals surface area contributed by atoms with Gasteiger partial charge in [-0.3, -0.25) is 9.69 Å². The lowest BCUT2D eigenvalue weighted by Crippen LogP contribution is -2.30. The number of carbonyl (C=O) groups excluding carboxylic acids is 2. The quantitative estimate of drug-likeness (QED) is 0.259. The van der Waals surface area contributed by atoms with Crippen LogP contribution in [0.1, 0.15) is 23.6 Å². The van der Waals surface area contributed by atoms with E-state index >= 15 is 0 Å². The van der Waals surface area contributed by atoms with Crippen molar-refractivity contribution in [1.29, 1.82) is 0 Å². The van der Waals surface area contributed by atoms with Crippen LogP contribution in [0.3, 0.4) is 0 Å². The van der Waals surface area contributed by atoms with E-state index in [4.69, 9.17) is 21.1 Å². The van der Waals surface area contributed by atoms with Gasteiger partial charge in [0.15, 0.2) is 11.5 Å². The number of ether oxygens (including phenoxy) is 2. The monoisotopic (exact) mass is 558 g/mol. The molecule has 0 aromatic heterocycles. The molecule has 4 rings (SSSR count). The zero-order valence-electron chi connectivity index (χ0n) is 18.7. The van der Waals surface area contributed by atoms with Gasteiger partial charge < -0.3 is 14.8 Å². The number of urea groups is 1. The highest BCUT2D eigenvalue weighted by atomic mass is 79.9. The normalized spacial score (nSPS) is 14.4. The molecule has 3 aromatic rings. The minimum atomic E-state index is -0.614. The molecule has 0 aliphatic carbocycles. The van der Waals surface area contributed by atoms with Crippen LogP contribution in [0, 0.1) is 5.82 Å². The van der Waals surface area contributed by atoms with Gasteiger partial charge in [0.25, 0.3) is 5.91 Å². The van der Waals surface area contributed by atoms with Crippen molar-refractivity contribution in [2.75, 3.05) is 6.61 Å². The molecule has 0 unspecified atom stereocenters. The second-order valence-corrected chi connectivity index (χ2v) is 8.94. The molecule has 35 heavy (non-hydrogen) atoms. The zero-order chi connectivity index (χ0) is 24.9. The first kappa shape index (κ1) is 24.8. The summed E-state index contributed by atoms with van der Waals surface area (Å²) in [4.78, 5) is 26.2. The number of halogens is 3. The molecule has 0 radical (unpaired) electrons. The van der Waals surface area contributed by atoms with Crippen LogP contribution in [0.25, 0.3) is 6.08 Å². The van der Waals surface area contributed by atoms with Gasteiger partial charge in [-0.25, -0.2) is 9.18 Å². The molecule has 180 valence electrons. The molecular weight excluding hydrogens is 539 g/mol. The maximum Gasteiger partial charge on any atom is 0.329 e. The van der Waals surface area contributed by atoms with Gasteiger partial charge in [-0.2, -0.15) is 0 Å². The highest BCUT2D eigenvalue weighted by molar-refractivity contribution is 9.10. The summed E-state index contributed by atoms with van der Waals surface area (Å²) in [5.74, 6) is -0.0463. The molecule has 6 nitrogen and oxygen atoms in total. The second-order valence-electron chi connectivity index (χ2n) is 7.65. The fraction of sp³-hybridized carbons (Fsp3) is 0.154. The largest absolute Gasteiger partial charge is 0.490 e. The molecule has 1 fully saturated rings. The summed E-state index contributed by atoms with van der Waals surface area (Å²) in [6, 6.07) is 16.2. The summed E-state index contributed by atoms with van der Waals surface area (Å²) in [5, 5.41) is 3.20. The highest BCUT2D eigenvalue weighted by Gasteiger charge is 2.34. The molecule has 0 bridgehead atoms. The van der Waals surface area contributed by atoms with Crippen LogP contribution in [0.4, 0.5) is 9.18 Å². The van der Waals surface area contributed by atoms with E-state index in [1.54, 1.807) is 36.4 Å². The lowest BCUT2D eigenvalue weighted by Gasteiger charge is -2.15. The van der Waals surface area contributed by atoms with Crippen molar-refractivity contribution in [2.24, 2.45) is 0 Å². The third kappa shape index (κ3) is 5.83. The Bertz CT molecular complexity index is 1300. The van der Waals surface area contributed by atoms with Gasteiger partial charge in [-0.05, 0) is 70.4 Å². The summed E-state index contributed by atoms with van der Waals surface area (Å²) in [7, 11) is 0. The van der Waals surface area contributed by atoms with Gasteiger partial charge in [0, 0.05) is 10.6 Å². The van der Waals surface area contributed by atoms with Gasteiger partial charge in [-0.1, -0.05) is 41.9 Å². The van der Waals surface area contributed by atoms with Crippen LogP contribution < -0.4 is 14.8 Å². The molecular formula is C26H21BrClFN2O4. The molecule has 1 heterocycles. The Morgan fingerprint density at radius 3 is 2.54 bits per heavy atom. The zero-order valence-corrected chi connectivity index (χ0v) is 21.0. The number of hydrogen-bond donors (Lipinski definition) is 1. The average molecular weight is 560 g/mol. The summed E-state index contributed by atoms with van der Waals surface area (Å²) in [6.07, 6.45) is 1.54. The second kappa shape index (κ2) is 10.9. The third-order valence-corrected chi connectivity index (χ3v) is 6.03. The first-order valence-electron chi connectivity index (χ1n) is 10.8. The maximum atomic E-state index is 14.0. The first-order chi connectivity index (χ1) is 16.9. The van der Waals surface area contributed by atoms with Crippen LogP contribution in [0.2, 0.25) is 5.02 Å². The molecule has 1 N–H and O–H groups in total. The number of rotatable bonds is 8. The molecule has 3 aromatic carbocycles. The van der Waals surface area contributed by atoms with Crippen molar-refractivity contribution in [3.05, 3.63) is 98.4 Å². The number of carbonyl (C=O) groups is 2. The Balaban J connectivity index is 1.55. The molecule has 0 spiro atoms. The predicted molar refractivity (Wildman–Crippen MR) is 135 cm³/mol. The fourth-order valence-electron chi connectivity index (χ4n) is 3.49. The lowest BCUT2D eigenvalue weighted by atomic mass is 10.1. The smallest absolute Gasteiger partial charge is 0.329 e.